The number of nitrogens with one attached hydrogen (secondary N) is 7. The van der Waals surface area contributed by atoms with Crippen LogP contribution in [0.1, 0.15) is 44.6 Å². The highest BCUT2D eigenvalue weighted by Crippen LogP contribution is 2.08. The number of aliphatic hydroxyl groups excluding tert-OH is 4. The van der Waals surface area contributed by atoms with Crippen molar-refractivity contribution >= 4 is 47.3 Å². The van der Waals surface area contributed by atoms with Crippen LogP contribution < -0.4 is 48.7 Å². The highest BCUT2D eigenvalue weighted by Gasteiger charge is 2.35. The van der Waals surface area contributed by atoms with Gasteiger partial charge in [0.1, 0.15) is 42.3 Å². The van der Waals surface area contributed by atoms with Gasteiger partial charge in [-0.15, -0.1) is 0 Å². The van der Waals surface area contributed by atoms with Crippen molar-refractivity contribution in [2.75, 3.05) is 26.4 Å². The average Bonchev–Trinajstić information content (AvgIpc) is 3.14. The molecule has 21 nitrogen and oxygen atoms in total. The minimum atomic E-state index is -1.78. The summed E-state index contributed by atoms with van der Waals surface area (Å²) in [5.41, 5.74) is 11.7. The van der Waals surface area contributed by atoms with E-state index in [9.17, 15) is 58.8 Å². The summed E-state index contributed by atoms with van der Waals surface area (Å²) in [6.45, 7) is -1.47. The van der Waals surface area contributed by atoms with Gasteiger partial charge in [0.2, 0.25) is 47.3 Å². The maximum Gasteiger partial charge on any atom is 0.245 e. The first kappa shape index (κ1) is 44.9. The number of nitrogens with two attached hydrogens (primary N) is 2. The van der Waals surface area contributed by atoms with Crippen molar-refractivity contribution < 1.29 is 58.8 Å². The van der Waals surface area contributed by atoms with Crippen LogP contribution in [0.3, 0.4) is 0 Å². The second-order valence-electron chi connectivity index (χ2n) is 12.7. The van der Waals surface area contributed by atoms with Crippen molar-refractivity contribution in [2.24, 2.45) is 11.5 Å². The van der Waals surface area contributed by atoms with Crippen molar-refractivity contribution in [1.82, 2.24) is 37.2 Å². The Kier molecular flexibility index (Phi) is 18.9. The Morgan fingerprint density at radius 1 is 0.852 bits per heavy atom. The van der Waals surface area contributed by atoms with E-state index in [4.69, 9.17) is 11.5 Å². The molecule has 2 rings (SSSR count). The molecule has 1 heterocycles. The molecule has 0 aliphatic carbocycles. The molecule has 1 aliphatic rings. The molecule has 0 bridgehead atoms. The lowest BCUT2D eigenvalue weighted by molar-refractivity contribution is -0.137. The zero-order valence-corrected chi connectivity index (χ0v) is 29.8. The molecule has 0 spiro atoms. The zero-order valence-electron chi connectivity index (χ0n) is 29.8. The van der Waals surface area contributed by atoms with Crippen molar-refractivity contribution in [3.8, 4) is 0 Å². The number of carbonyl (C=O) groups excluding carboxylic acids is 8. The quantitative estimate of drug-likeness (QED) is 0.0890. The number of primary amides is 1. The largest absolute Gasteiger partial charge is 0.394 e. The summed E-state index contributed by atoms with van der Waals surface area (Å²) in [5, 5.41) is 55.9. The van der Waals surface area contributed by atoms with Crippen LogP contribution in [0.4, 0.5) is 0 Å². The fourth-order valence-electron chi connectivity index (χ4n) is 5.16. The number of aliphatic hydroxyl groups is 4. The molecule has 0 saturated carbocycles. The highest BCUT2D eigenvalue weighted by molar-refractivity contribution is 5.97. The molecule has 1 aliphatic heterocycles. The number of rotatable bonds is 13. The highest BCUT2D eigenvalue weighted by atomic mass is 16.3. The Morgan fingerprint density at radius 2 is 1.54 bits per heavy atom. The Labute approximate surface area is 310 Å². The molecule has 0 unspecified atom stereocenters. The van der Waals surface area contributed by atoms with E-state index < -0.39 is 115 Å². The summed E-state index contributed by atoms with van der Waals surface area (Å²) in [6.07, 6.45) is -1.75. The van der Waals surface area contributed by atoms with E-state index in [1.54, 1.807) is 30.3 Å². The lowest BCUT2D eigenvalue weighted by Crippen LogP contribution is -2.62. The van der Waals surface area contributed by atoms with Crippen LogP contribution in [0.15, 0.2) is 30.3 Å². The van der Waals surface area contributed by atoms with Crippen LogP contribution in [0.25, 0.3) is 0 Å². The molecule has 54 heavy (non-hydrogen) atoms. The summed E-state index contributed by atoms with van der Waals surface area (Å²) in [7, 11) is 0. The Hall–Kier alpha value is -5.22. The van der Waals surface area contributed by atoms with Crippen LogP contribution in [0.5, 0.6) is 0 Å². The van der Waals surface area contributed by atoms with Crippen LogP contribution >= 0.6 is 0 Å². The normalized spacial score (nSPS) is 22.9. The van der Waals surface area contributed by atoms with Crippen molar-refractivity contribution in [3.05, 3.63) is 35.9 Å². The van der Waals surface area contributed by atoms with Gasteiger partial charge in [0.05, 0.1) is 25.9 Å². The first-order valence-electron chi connectivity index (χ1n) is 17.3. The van der Waals surface area contributed by atoms with Crippen LogP contribution in [0.2, 0.25) is 0 Å². The second kappa shape index (κ2) is 22.8. The molecule has 0 aromatic heterocycles. The molecule has 1 fully saturated rings. The number of hydrogen-bond donors (Lipinski definition) is 13. The van der Waals surface area contributed by atoms with Gasteiger partial charge in [0, 0.05) is 19.4 Å². The number of amides is 8. The van der Waals surface area contributed by atoms with E-state index in [1.165, 1.54) is 0 Å². The van der Waals surface area contributed by atoms with Crippen molar-refractivity contribution in [1.29, 1.82) is 0 Å². The molecule has 15 N–H and O–H groups in total. The molecule has 8 amide bonds. The molecular weight excluding hydrogens is 714 g/mol. The average molecular weight is 766 g/mol. The topological polar surface area (TPSA) is 354 Å². The fourth-order valence-corrected chi connectivity index (χ4v) is 5.16. The van der Waals surface area contributed by atoms with E-state index in [0.717, 1.165) is 6.92 Å². The maximum absolute atomic E-state index is 13.4. The summed E-state index contributed by atoms with van der Waals surface area (Å²) in [6, 6.07) is -2.00. The minimum absolute atomic E-state index is 0.00610. The standard InChI is InChI=1S/C33H51N9O12/c1-17(46)26-33(54)41-24(16-45)31(52)38-21(10-11-25(47)36-12-6-5-9-20(30(51)42-26)37-28(49)19(34)14-43)29(50)40-23(15-44)32(53)39-22(27(35)48)13-18-7-3-2-4-8-18/h2-4,7-8,17,19-24,26,43-46H,5-6,9-16,34H2,1H3,(H2,35,48)(H,36,47)(H,37,49)(H,38,52)(H,39,53)(H,40,50)(H,41,54)(H,42,51)/t17-,19+,20+,21+,22+,23+,24+,26+/m1/s1. The van der Waals surface area contributed by atoms with Gasteiger partial charge in [-0.3, -0.25) is 38.4 Å². The fraction of sp³-hybridized carbons (Fsp3) is 0.576. The smallest absolute Gasteiger partial charge is 0.245 e. The molecule has 0 radical (unpaired) electrons. The zero-order chi connectivity index (χ0) is 40.4. The van der Waals surface area contributed by atoms with Gasteiger partial charge in [-0.2, -0.15) is 0 Å². The van der Waals surface area contributed by atoms with Gasteiger partial charge in [-0.1, -0.05) is 30.3 Å². The predicted molar refractivity (Wildman–Crippen MR) is 188 cm³/mol. The summed E-state index contributed by atoms with van der Waals surface area (Å²) in [4.78, 5) is 103. The van der Waals surface area contributed by atoms with Crippen LogP contribution in [-0.2, 0) is 44.8 Å². The first-order chi connectivity index (χ1) is 25.6. The van der Waals surface area contributed by atoms with Crippen LogP contribution in [-0.4, -0.2) is 142 Å². The molecule has 1 aromatic rings. The van der Waals surface area contributed by atoms with Crippen molar-refractivity contribution in [3.63, 3.8) is 0 Å². The van der Waals surface area contributed by atoms with Gasteiger partial charge in [0.25, 0.3) is 0 Å². The number of benzene rings is 1. The monoisotopic (exact) mass is 765 g/mol. The van der Waals surface area contributed by atoms with Gasteiger partial charge in [0.15, 0.2) is 0 Å². The third-order valence-corrected chi connectivity index (χ3v) is 8.34. The second-order valence-corrected chi connectivity index (χ2v) is 12.7. The molecule has 1 saturated heterocycles. The Balaban J connectivity index is 2.29. The van der Waals surface area contributed by atoms with Gasteiger partial charge in [-0.25, -0.2) is 0 Å². The molecule has 21 heteroatoms. The third kappa shape index (κ3) is 14.7. The van der Waals surface area contributed by atoms with Gasteiger partial charge in [-0.05, 0) is 38.2 Å². The SMILES string of the molecule is C[C@@H](O)[C@@H]1NC(=O)[C@@H](NC(=O)[C@@H](N)CO)CCCCNC(=O)CC[C@@H](C(=O)N[C@@H](CO)C(=O)N[C@@H](Cc2ccccc2)C(N)=O)NC(=O)[C@H](CO)NC1=O. The van der Waals surface area contributed by atoms with Gasteiger partial charge < -0.3 is 69.1 Å². The number of carbonyl (C=O) groups is 8. The lowest BCUT2D eigenvalue weighted by Gasteiger charge is -2.28. The molecular formula is C33H51N9O12. The Bertz CT molecular complexity index is 1470. The predicted octanol–water partition coefficient (Wildman–Crippen LogP) is -6.61. The third-order valence-electron chi connectivity index (χ3n) is 8.34. The van der Waals surface area contributed by atoms with E-state index in [1.807, 2.05) is 0 Å². The Morgan fingerprint density at radius 3 is 2.13 bits per heavy atom. The number of hydrogen-bond acceptors (Lipinski definition) is 13. The minimum Gasteiger partial charge on any atom is -0.394 e. The molecule has 300 valence electrons. The maximum atomic E-state index is 13.4. The van der Waals surface area contributed by atoms with E-state index >= 15 is 0 Å². The lowest BCUT2D eigenvalue weighted by atomic mass is 10.0. The van der Waals surface area contributed by atoms with Gasteiger partial charge >= 0.3 is 0 Å². The summed E-state index contributed by atoms with van der Waals surface area (Å²) >= 11 is 0. The van der Waals surface area contributed by atoms with Crippen molar-refractivity contribution in [2.45, 2.75) is 93.8 Å². The first-order valence-corrected chi connectivity index (χ1v) is 17.3. The summed E-state index contributed by atoms with van der Waals surface area (Å²) < 4.78 is 0. The molecule has 1 aromatic carbocycles. The summed E-state index contributed by atoms with van der Waals surface area (Å²) in [5.74, 6) is -7.56. The van der Waals surface area contributed by atoms with E-state index in [-0.39, 0.29) is 38.6 Å². The van der Waals surface area contributed by atoms with E-state index in [2.05, 4.69) is 37.2 Å². The van der Waals surface area contributed by atoms with Crippen LogP contribution in [0, 0.1) is 0 Å². The molecule has 8 atom stereocenters. The van der Waals surface area contributed by atoms with E-state index in [0.29, 0.717) is 12.0 Å².